The molecule has 20 heavy (non-hydrogen) atoms. The van der Waals surface area contributed by atoms with Crippen molar-refractivity contribution in [1.82, 2.24) is 0 Å². The molecule has 0 bridgehead atoms. The van der Waals surface area contributed by atoms with Gasteiger partial charge in [-0.05, 0) is 17.7 Å². The van der Waals surface area contributed by atoms with E-state index in [0.29, 0.717) is 0 Å². The number of benzene rings is 1. The molecule has 0 saturated carbocycles. The minimum Gasteiger partial charge on any atom is -0.397 e. The van der Waals surface area contributed by atoms with Crippen LogP contribution >= 0.6 is 0 Å². The van der Waals surface area contributed by atoms with E-state index in [4.69, 9.17) is 4.42 Å². The van der Waals surface area contributed by atoms with Crippen LogP contribution in [0.3, 0.4) is 0 Å². The predicted molar refractivity (Wildman–Crippen MR) is 74.3 cm³/mol. The van der Waals surface area contributed by atoms with Crippen LogP contribution in [0.5, 0.6) is 0 Å². The van der Waals surface area contributed by atoms with Gasteiger partial charge in [-0.2, -0.15) is 0 Å². The van der Waals surface area contributed by atoms with Crippen LogP contribution in [-0.2, 0) is 0 Å². The highest BCUT2D eigenvalue weighted by Crippen LogP contribution is 2.16. The minimum absolute atomic E-state index is 0.0546. The van der Waals surface area contributed by atoms with E-state index < -0.39 is 16.6 Å². The van der Waals surface area contributed by atoms with Gasteiger partial charge in [0.25, 0.3) is 0 Å². The van der Waals surface area contributed by atoms with Crippen molar-refractivity contribution < 1.29 is 14.1 Å². The molecule has 0 aliphatic rings. The molecule has 0 saturated heterocycles. The van der Waals surface area contributed by atoms with Gasteiger partial charge < -0.3 is 4.42 Å². The number of allylic oxidation sites excluding steroid dienone is 3. The summed E-state index contributed by atoms with van der Waals surface area (Å²) in [4.78, 5) is 21.4. The molecule has 1 aromatic heterocycles. The Morgan fingerprint density at radius 1 is 1.10 bits per heavy atom. The van der Waals surface area contributed by atoms with Crippen LogP contribution < -0.4 is 0 Å². The number of rotatable bonds is 5. The van der Waals surface area contributed by atoms with Gasteiger partial charge in [0.2, 0.25) is 5.78 Å². The molecule has 1 aromatic carbocycles. The van der Waals surface area contributed by atoms with Crippen LogP contribution in [0.4, 0.5) is 5.88 Å². The van der Waals surface area contributed by atoms with E-state index in [9.17, 15) is 14.9 Å². The molecule has 0 atom stereocenters. The van der Waals surface area contributed by atoms with Crippen LogP contribution in [0.25, 0.3) is 6.08 Å². The maximum absolute atomic E-state index is 11.7. The Hall–Kier alpha value is -2.95. The topological polar surface area (TPSA) is 73.3 Å². The lowest BCUT2D eigenvalue weighted by atomic mass is 10.2. The number of nitrogens with zero attached hydrogens (tertiary/aromatic N) is 1. The minimum atomic E-state index is -0.685. The largest absolute Gasteiger partial charge is 0.433 e. The van der Waals surface area contributed by atoms with E-state index in [0.717, 1.165) is 11.6 Å². The lowest BCUT2D eigenvalue weighted by Gasteiger charge is -1.89. The maximum atomic E-state index is 11.7. The first-order chi connectivity index (χ1) is 9.66. The number of nitro groups is 1. The van der Waals surface area contributed by atoms with Crippen molar-refractivity contribution in [2.45, 2.75) is 0 Å². The summed E-state index contributed by atoms with van der Waals surface area (Å²) >= 11 is 0. The monoisotopic (exact) mass is 269 g/mol. The van der Waals surface area contributed by atoms with Crippen LogP contribution in [0, 0.1) is 10.1 Å². The van der Waals surface area contributed by atoms with Crippen molar-refractivity contribution in [2.75, 3.05) is 0 Å². The average Bonchev–Trinajstić information content (AvgIpc) is 2.94. The number of hydrogen-bond acceptors (Lipinski definition) is 4. The molecule has 0 N–H and O–H groups in total. The zero-order valence-corrected chi connectivity index (χ0v) is 10.4. The Balaban J connectivity index is 1.98. The third-order valence-electron chi connectivity index (χ3n) is 2.46. The summed E-state index contributed by atoms with van der Waals surface area (Å²) in [5, 5.41) is 10.4. The van der Waals surface area contributed by atoms with Crippen LogP contribution in [-0.4, -0.2) is 10.7 Å². The van der Waals surface area contributed by atoms with E-state index in [1.165, 1.54) is 12.1 Å². The van der Waals surface area contributed by atoms with Crippen molar-refractivity contribution >= 4 is 17.7 Å². The predicted octanol–water partition coefficient (Wildman–Crippen LogP) is 3.64. The van der Waals surface area contributed by atoms with Gasteiger partial charge in [-0.25, -0.2) is 0 Å². The highest BCUT2D eigenvalue weighted by Gasteiger charge is 2.14. The first-order valence-corrected chi connectivity index (χ1v) is 5.85. The number of furan rings is 1. The highest BCUT2D eigenvalue weighted by atomic mass is 16.6. The Labute approximate surface area is 115 Å². The Bertz CT molecular complexity index is 668. The molecule has 100 valence electrons. The van der Waals surface area contributed by atoms with Crippen molar-refractivity contribution in [3.63, 3.8) is 0 Å². The van der Waals surface area contributed by atoms with E-state index in [1.54, 1.807) is 12.2 Å². The fourth-order valence-corrected chi connectivity index (χ4v) is 1.51. The van der Waals surface area contributed by atoms with Crippen molar-refractivity contribution in [2.24, 2.45) is 0 Å². The van der Waals surface area contributed by atoms with Crippen LogP contribution in [0.2, 0.25) is 0 Å². The van der Waals surface area contributed by atoms with Gasteiger partial charge in [-0.3, -0.25) is 14.9 Å². The number of ketones is 1. The summed E-state index contributed by atoms with van der Waals surface area (Å²) in [5.74, 6) is -0.918. The van der Waals surface area contributed by atoms with Gasteiger partial charge in [0.05, 0.1) is 6.07 Å². The molecular weight excluding hydrogens is 258 g/mol. The zero-order valence-electron chi connectivity index (χ0n) is 10.4. The number of carbonyl (C=O) groups is 1. The van der Waals surface area contributed by atoms with Gasteiger partial charge in [0.15, 0.2) is 5.76 Å². The Morgan fingerprint density at radius 3 is 2.50 bits per heavy atom. The van der Waals surface area contributed by atoms with Gasteiger partial charge in [-0.15, -0.1) is 0 Å². The van der Waals surface area contributed by atoms with Gasteiger partial charge in [0.1, 0.15) is 4.92 Å². The summed E-state index contributed by atoms with van der Waals surface area (Å²) in [6.45, 7) is 0. The van der Waals surface area contributed by atoms with Crippen LogP contribution in [0.15, 0.2) is 65.1 Å². The molecule has 0 aliphatic heterocycles. The van der Waals surface area contributed by atoms with Gasteiger partial charge >= 0.3 is 5.88 Å². The molecule has 1 heterocycles. The molecule has 2 aromatic rings. The fraction of sp³-hybridized carbons (Fsp3) is 0. The van der Waals surface area contributed by atoms with E-state index in [1.807, 2.05) is 36.4 Å². The maximum Gasteiger partial charge on any atom is 0.433 e. The summed E-state index contributed by atoms with van der Waals surface area (Å²) < 4.78 is 4.80. The molecule has 2 rings (SSSR count). The second-order valence-electron chi connectivity index (χ2n) is 3.89. The molecule has 0 amide bonds. The molecule has 0 fully saturated rings. The third kappa shape index (κ3) is 3.52. The third-order valence-corrected chi connectivity index (χ3v) is 2.46. The second-order valence-corrected chi connectivity index (χ2v) is 3.89. The number of hydrogen-bond donors (Lipinski definition) is 0. The van der Waals surface area contributed by atoms with Crippen molar-refractivity contribution in [1.29, 1.82) is 0 Å². The second kappa shape index (κ2) is 6.29. The van der Waals surface area contributed by atoms with E-state index in [2.05, 4.69) is 0 Å². The summed E-state index contributed by atoms with van der Waals surface area (Å²) in [7, 11) is 0. The lowest BCUT2D eigenvalue weighted by molar-refractivity contribution is -0.402. The normalized spacial score (nSPS) is 11.2. The molecule has 0 unspecified atom stereocenters. The molecule has 5 heteroatoms. The first-order valence-electron chi connectivity index (χ1n) is 5.85. The summed E-state index contributed by atoms with van der Waals surface area (Å²) in [6, 6.07) is 12.0. The smallest absolute Gasteiger partial charge is 0.397 e. The number of carbonyl (C=O) groups excluding carboxylic acids is 1. The van der Waals surface area contributed by atoms with Gasteiger partial charge in [0, 0.05) is 0 Å². The average molecular weight is 269 g/mol. The van der Waals surface area contributed by atoms with E-state index in [-0.39, 0.29) is 5.76 Å². The molecular formula is C15H11NO4. The van der Waals surface area contributed by atoms with Crippen molar-refractivity contribution in [3.05, 3.63) is 82.1 Å². The van der Waals surface area contributed by atoms with Gasteiger partial charge in [-0.1, -0.05) is 48.6 Å². The van der Waals surface area contributed by atoms with Crippen LogP contribution in [0.1, 0.15) is 16.1 Å². The first kappa shape index (κ1) is 13.5. The SMILES string of the molecule is O=C(/C=C/C=C\c1ccccc1)c1ccc([N+](=O)[O-])o1. The van der Waals surface area contributed by atoms with Crippen molar-refractivity contribution in [3.8, 4) is 0 Å². The standard InChI is InChI=1S/C15H11NO4/c17-13(14-10-11-15(20-14)16(18)19)9-5-4-8-12-6-2-1-3-7-12/h1-11H/b8-4-,9-5+. The lowest BCUT2D eigenvalue weighted by Crippen LogP contribution is -1.90. The fourth-order valence-electron chi connectivity index (χ4n) is 1.51. The Morgan fingerprint density at radius 2 is 1.85 bits per heavy atom. The molecule has 0 aliphatic carbocycles. The highest BCUT2D eigenvalue weighted by molar-refractivity contribution is 6.02. The zero-order chi connectivity index (χ0) is 14.4. The molecule has 0 spiro atoms. The van der Waals surface area contributed by atoms with E-state index >= 15 is 0 Å². The quantitative estimate of drug-likeness (QED) is 0.273. The molecule has 5 nitrogen and oxygen atoms in total. The molecule has 0 radical (unpaired) electrons. The summed E-state index contributed by atoms with van der Waals surface area (Å²) in [5.41, 5.74) is 1.01. The summed E-state index contributed by atoms with van der Waals surface area (Å²) in [6.07, 6.45) is 6.41. The Kier molecular flexibility index (Phi) is 4.24.